The maximum atomic E-state index is 12.3. The molecule has 3 rings (SSSR count). The molecule has 0 atom stereocenters. The SMILES string of the molecule is O=C(Cc1ccccc1)Nc1cccc(NC(=O)C2CCNCC2)c1. The Kier molecular flexibility index (Phi) is 5.80. The van der Waals surface area contributed by atoms with Crippen molar-refractivity contribution in [2.24, 2.45) is 5.92 Å². The molecule has 0 saturated carbocycles. The summed E-state index contributed by atoms with van der Waals surface area (Å²) in [4.78, 5) is 24.5. The third-order valence-corrected chi connectivity index (χ3v) is 4.33. The van der Waals surface area contributed by atoms with Crippen LogP contribution in [0.4, 0.5) is 11.4 Å². The van der Waals surface area contributed by atoms with Crippen LogP contribution in [0.3, 0.4) is 0 Å². The summed E-state index contributed by atoms with van der Waals surface area (Å²) in [6.07, 6.45) is 2.05. The van der Waals surface area contributed by atoms with Crippen LogP contribution in [0.2, 0.25) is 0 Å². The first-order chi connectivity index (χ1) is 12.2. The fourth-order valence-electron chi connectivity index (χ4n) is 2.99. The van der Waals surface area contributed by atoms with E-state index in [4.69, 9.17) is 0 Å². The molecule has 0 aliphatic carbocycles. The quantitative estimate of drug-likeness (QED) is 0.786. The molecule has 1 aliphatic rings. The van der Waals surface area contributed by atoms with E-state index in [0.29, 0.717) is 17.8 Å². The van der Waals surface area contributed by atoms with Crippen LogP contribution in [0, 0.1) is 5.92 Å². The molecule has 2 aromatic carbocycles. The van der Waals surface area contributed by atoms with Gasteiger partial charge in [-0.1, -0.05) is 36.4 Å². The molecule has 5 heteroatoms. The maximum Gasteiger partial charge on any atom is 0.228 e. The highest BCUT2D eigenvalue weighted by atomic mass is 16.2. The van der Waals surface area contributed by atoms with Crippen LogP contribution in [-0.4, -0.2) is 24.9 Å². The Morgan fingerprint density at radius 2 is 1.60 bits per heavy atom. The van der Waals surface area contributed by atoms with Gasteiger partial charge in [0, 0.05) is 17.3 Å². The highest BCUT2D eigenvalue weighted by molar-refractivity contribution is 5.95. The minimum Gasteiger partial charge on any atom is -0.326 e. The average Bonchev–Trinajstić information content (AvgIpc) is 2.63. The molecule has 25 heavy (non-hydrogen) atoms. The molecule has 0 aromatic heterocycles. The Balaban J connectivity index is 1.57. The van der Waals surface area contributed by atoms with Crippen LogP contribution in [0.15, 0.2) is 54.6 Å². The highest BCUT2D eigenvalue weighted by Crippen LogP contribution is 2.19. The van der Waals surface area contributed by atoms with Gasteiger partial charge in [-0.15, -0.1) is 0 Å². The van der Waals surface area contributed by atoms with E-state index in [1.807, 2.05) is 48.5 Å². The van der Waals surface area contributed by atoms with Crippen LogP contribution in [0.25, 0.3) is 0 Å². The van der Waals surface area contributed by atoms with Gasteiger partial charge in [-0.25, -0.2) is 0 Å². The number of benzene rings is 2. The van der Waals surface area contributed by atoms with Crippen LogP contribution < -0.4 is 16.0 Å². The molecule has 3 N–H and O–H groups in total. The lowest BCUT2D eigenvalue weighted by molar-refractivity contribution is -0.120. The number of piperidine rings is 1. The number of amides is 2. The normalized spacial score (nSPS) is 14.7. The van der Waals surface area contributed by atoms with Crippen LogP contribution in [0.1, 0.15) is 18.4 Å². The highest BCUT2D eigenvalue weighted by Gasteiger charge is 2.20. The van der Waals surface area contributed by atoms with Crippen molar-refractivity contribution in [1.82, 2.24) is 5.32 Å². The lowest BCUT2D eigenvalue weighted by Crippen LogP contribution is -2.34. The number of nitrogens with one attached hydrogen (secondary N) is 3. The van der Waals surface area contributed by atoms with E-state index >= 15 is 0 Å². The third-order valence-electron chi connectivity index (χ3n) is 4.33. The fourth-order valence-corrected chi connectivity index (χ4v) is 2.99. The summed E-state index contributed by atoms with van der Waals surface area (Å²) >= 11 is 0. The summed E-state index contributed by atoms with van der Waals surface area (Å²) in [7, 11) is 0. The number of hydrogen-bond donors (Lipinski definition) is 3. The molecule has 0 unspecified atom stereocenters. The summed E-state index contributed by atoms with van der Waals surface area (Å²) in [6.45, 7) is 1.77. The van der Waals surface area contributed by atoms with Gasteiger partial charge in [-0.2, -0.15) is 0 Å². The van der Waals surface area contributed by atoms with Crippen LogP contribution in [0.5, 0.6) is 0 Å². The van der Waals surface area contributed by atoms with E-state index < -0.39 is 0 Å². The maximum absolute atomic E-state index is 12.3. The Morgan fingerprint density at radius 1 is 0.920 bits per heavy atom. The topological polar surface area (TPSA) is 70.2 Å². The van der Waals surface area contributed by atoms with E-state index in [-0.39, 0.29) is 17.7 Å². The van der Waals surface area contributed by atoms with Gasteiger partial charge in [0.25, 0.3) is 0 Å². The first-order valence-corrected chi connectivity index (χ1v) is 8.66. The van der Waals surface area contributed by atoms with Crippen LogP contribution in [-0.2, 0) is 16.0 Å². The first-order valence-electron chi connectivity index (χ1n) is 8.66. The number of rotatable bonds is 5. The Morgan fingerprint density at radius 3 is 2.32 bits per heavy atom. The van der Waals surface area contributed by atoms with Gasteiger partial charge in [0.15, 0.2) is 0 Å². The van der Waals surface area contributed by atoms with Gasteiger partial charge in [0.05, 0.1) is 6.42 Å². The summed E-state index contributed by atoms with van der Waals surface area (Å²) in [6, 6.07) is 16.9. The van der Waals surface area contributed by atoms with Crippen LogP contribution >= 0.6 is 0 Å². The van der Waals surface area contributed by atoms with Gasteiger partial charge < -0.3 is 16.0 Å². The molecule has 1 fully saturated rings. The van der Waals surface area contributed by atoms with E-state index in [1.165, 1.54) is 0 Å². The van der Waals surface area contributed by atoms with Gasteiger partial charge >= 0.3 is 0 Å². The third kappa shape index (κ3) is 5.16. The zero-order valence-electron chi connectivity index (χ0n) is 14.1. The molecule has 1 saturated heterocycles. The predicted octanol–water partition coefficient (Wildman–Crippen LogP) is 2.81. The zero-order chi connectivity index (χ0) is 17.5. The molecular formula is C20H23N3O2. The molecule has 5 nitrogen and oxygen atoms in total. The summed E-state index contributed by atoms with van der Waals surface area (Å²) in [5.41, 5.74) is 2.36. The molecule has 0 bridgehead atoms. The van der Waals surface area contributed by atoms with Crippen molar-refractivity contribution < 1.29 is 9.59 Å². The zero-order valence-corrected chi connectivity index (χ0v) is 14.1. The van der Waals surface area contributed by atoms with Crippen molar-refractivity contribution in [2.45, 2.75) is 19.3 Å². The second kappa shape index (κ2) is 8.44. The van der Waals surface area contributed by atoms with Gasteiger partial charge in [0.2, 0.25) is 11.8 Å². The number of carbonyl (C=O) groups is 2. The van der Waals surface area contributed by atoms with E-state index in [2.05, 4.69) is 16.0 Å². The largest absolute Gasteiger partial charge is 0.326 e. The summed E-state index contributed by atoms with van der Waals surface area (Å²) in [5.74, 6) is 0.0277. The summed E-state index contributed by atoms with van der Waals surface area (Å²) < 4.78 is 0. The standard InChI is InChI=1S/C20H23N3O2/c24-19(13-15-5-2-1-3-6-15)22-17-7-4-8-18(14-17)23-20(25)16-9-11-21-12-10-16/h1-8,14,16,21H,9-13H2,(H,22,24)(H,23,25). The van der Waals surface area contributed by atoms with Crippen molar-refractivity contribution in [3.8, 4) is 0 Å². The second-order valence-electron chi connectivity index (χ2n) is 6.30. The second-order valence-corrected chi connectivity index (χ2v) is 6.30. The van der Waals surface area contributed by atoms with Crippen molar-refractivity contribution in [1.29, 1.82) is 0 Å². The van der Waals surface area contributed by atoms with Crippen molar-refractivity contribution in [2.75, 3.05) is 23.7 Å². The van der Waals surface area contributed by atoms with E-state index in [0.717, 1.165) is 31.5 Å². The van der Waals surface area contributed by atoms with Gasteiger partial charge in [-0.05, 0) is 49.7 Å². The smallest absolute Gasteiger partial charge is 0.228 e. The number of hydrogen-bond acceptors (Lipinski definition) is 3. The van der Waals surface area contributed by atoms with Gasteiger partial charge in [0.1, 0.15) is 0 Å². The molecule has 2 amide bonds. The average molecular weight is 337 g/mol. The van der Waals surface area contributed by atoms with E-state index in [1.54, 1.807) is 6.07 Å². The first kappa shape index (κ1) is 17.2. The lowest BCUT2D eigenvalue weighted by atomic mass is 9.97. The minimum absolute atomic E-state index is 0.0502. The van der Waals surface area contributed by atoms with Gasteiger partial charge in [-0.3, -0.25) is 9.59 Å². The number of anilines is 2. The molecule has 130 valence electrons. The van der Waals surface area contributed by atoms with Crippen molar-refractivity contribution in [3.05, 3.63) is 60.2 Å². The molecule has 1 heterocycles. The predicted molar refractivity (Wildman–Crippen MR) is 99.4 cm³/mol. The molecule has 1 aliphatic heterocycles. The van der Waals surface area contributed by atoms with E-state index in [9.17, 15) is 9.59 Å². The minimum atomic E-state index is -0.0759. The summed E-state index contributed by atoms with van der Waals surface area (Å²) in [5, 5.41) is 9.10. The van der Waals surface area contributed by atoms with Crippen molar-refractivity contribution >= 4 is 23.2 Å². The fraction of sp³-hybridized carbons (Fsp3) is 0.300. The Bertz CT molecular complexity index is 725. The lowest BCUT2D eigenvalue weighted by Gasteiger charge is -2.21. The van der Waals surface area contributed by atoms with Crippen molar-refractivity contribution in [3.63, 3.8) is 0 Å². The molecular weight excluding hydrogens is 314 g/mol. The Hall–Kier alpha value is -2.66. The molecule has 0 spiro atoms. The Labute approximate surface area is 147 Å². The number of carbonyl (C=O) groups excluding carboxylic acids is 2. The molecule has 2 aromatic rings. The molecule has 0 radical (unpaired) electrons. The monoisotopic (exact) mass is 337 g/mol.